The Hall–Kier alpha value is -2.24. The lowest BCUT2D eigenvalue weighted by molar-refractivity contribution is 0.406. The Kier molecular flexibility index (Phi) is 3.71. The van der Waals surface area contributed by atoms with Crippen molar-refractivity contribution in [2.75, 3.05) is 23.7 Å². The summed E-state index contributed by atoms with van der Waals surface area (Å²) < 4.78 is 0. The minimum atomic E-state index is 0.520. The molecule has 1 atom stereocenters. The highest BCUT2D eigenvalue weighted by Crippen LogP contribution is 2.23. The van der Waals surface area contributed by atoms with Crippen LogP contribution in [0.5, 0.6) is 0 Å². The predicted octanol–water partition coefficient (Wildman–Crippen LogP) is 1.31. The summed E-state index contributed by atoms with van der Waals surface area (Å²) in [5.74, 6) is 1.87. The van der Waals surface area contributed by atoms with Gasteiger partial charge in [-0.2, -0.15) is 0 Å². The van der Waals surface area contributed by atoms with E-state index in [1.807, 2.05) is 6.07 Å². The molecule has 3 heterocycles. The first-order valence-corrected chi connectivity index (χ1v) is 6.90. The lowest BCUT2D eigenvalue weighted by atomic mass is 9.93. The van der Waals surface area contributed by atoms with Gasteiger partial charge in [0.1, 0.15) is 5.82 Å². The number of nitrogens with zero attached hydrogens (tertiary/aromatic N) is 5. The van der Waals surface area contributed by atoms with Gasteiger partial charge in [0.05, 0.1) is 5.69 Å². The summed E-state index contributed by atoms with van der Waals surface area (Å²) in [5, 5.41) is 0. The maximum absolute atomic E-state index is 5.87. The van der Waals surface area contributed by atoms with Crippen molar-refractivity contribution in [2.45, 2.75) is 19.3 Å². The second-order valence-electron chi connectivity index (χ2n) is 5.10. The first kappa shape index (κ1) is 12.8. The third kappa shape index (κ3) is 2.84. The molecule has 1 saturated heterocycles. The molecule has 1 fully saturated rings. The van der Waals surface area contributed by atoms with Crippen LogP contribution in [0.25, 0.3) is 0 Å². The molecular formula is C14H18N6. The van der Waals surface area contributed by atoms with Gasteiger partial charge in [-0.15, -0.1) is 0 Å². The molecule has 0 amide bonds. The molecule has 0 radical (unpaired) electrons. The molecule has 20 heavy (non-hydrogen) atoms. The molecule has 0 bridgehead atoms. The van der Waals surface area contributed by atoms with Crippen LogP contribution in [-0.4, -0.2) is 33.0 Å². The number of nitrogens with two attached hydrogens (primary N) is 1. The fourth-order valence-corrected chi connectivity index (χ4v) is 2.68. The van der Waals surface area contributed by atoms with Crippen LogP contribution in [0.2, 0.25) is 0 Å². The maximum atomic E-state index is 5.87. The number of aromatic nitrogens is 4. The monoisotopic (exact) mass is 270 g/mol. The molecular weight excluding hydrogens is 252 g/mol. The Labute approximate surface area is 118 Å². The van der Waals surface area contributed by atoms with Gasteiger partial charge in [-0.1, -0.05) is 0 Å². The molecule has 6 heteroatoms. The van der Waals surface area contributed by atoms with E-state index >= 15 is 0 Å². The van der Waals surface area contributed by atoms with E-state index in [0.29, 0.717) is 11.7 Å². The second kappa shape index (κ2) is 5.81. The number of hydrogen-bond acceptors (Lipinski definition) is 6. The Morgan fingerprint density at radius 1 is 1.10 bits per heavy atom. The highest BCUT2D eigenvalue weighted by atomic mass is 15.2. The van der Waals surface area contributed by atoms with Crippen molar-refractivity contribution in [2.24, 2.45) is 5.92 Å². The Morgan fingerprint density at radius 2 is 1.90 bits per heavy atom. The van der Waals surface area contributed by atoms with E-state index in [2.05, 4.69) is 24.8 Å². The Balaban J connectivity index is 1.68. The van der Waals surface area contributed by atoms with Crippen LogP contribution < -0.4 is 10.6 Å². The molecule has 1 aliphatic heterocycles. The molecule has 0 unspecified atom stereocenters. The summed E-state index contributed by atoms with van der Waals surface area (Å²) in [6.07, 6.45) is 10.1. The highest BCUT2D eigenvalue weighted by Gasteiger charge is 2.22. The van der Waals surface area contributed by atoms with E-state index in [1.54, 1.807) is 24.8 Å². The lowest BCUT2D eigenvalue weighted by Crippen LogP contribution is -2.37. The second-order valence-corrected chi connectivity index (χ2v) is 5.10. The Morgan fingerprint density at radius 3 is 2.70 bits per heavy atom. The molecule has 2 N–H and O–H groups in total. The minimum Gasteiger partial charge on any atom is -0.382 e. The highest BCUT2D eigenvalue weighted by molar-refractivity contribution is 5.34. The molecule has 3 rings (SSSR count). The summed E-state index contributed by atoms with van der Waals surface area (Å²) in [5.41, 5.74) is 6.77. The number of nitrogen functional groups attached to an aromatic ring is 1. The molecule has 6 nitrogen and oxygen atoms in total. The van der Waals surface area contributed by atoms with Crippen molar-refractivity contribution in [1.29, 1.82) is 0 Å². The minimum absolute atomic E-state index is 0.520. The molecule has 104 valence electrons. The van der Waals surface area contributed by atoms with Crippen molar-refractivity contribution < 1.29 is 0 Å². The fourth-order valence-electron chi connectivity index (χ4n) is 2.68. The number of hydrogen-bond donors (Lipinski definition) is 1. The summed E-state index contributed by atoms with van der Waals surface area (Å²) >= 11 is 0. The first-order valence-electron chi connectivity index (χ1n) is 6.90. The van der Waals surface area contributed by atoms with Gasteiger partial charge in [-0.25, -0.2) is 15.0 Å². The van der Waals surface area contributed by atoms with Crippen molar-refractivity contribution >= 4 is 11.8 Å². The summed E-state index contributed by atoms with van der Waals surface area (Å²) in [6.45, 7) is 1.95. The number of rotatable bonds is 3. The average molecular weight is 270 g/mol. The van der Waals surface area contributed by atoms with Crippen molar-refractivity contribution in [3.8, 4) is 0 Å². The van der Waals surface area contributed by atoms with Crippen LogP contribution in [-0.2, 0) is 6.42 Å². The SMILES string of the molecule is Nc1nccnc1C[C@H]1CCCN(c2ncccn2)C1. The van der Waals surface area contributed by atoms with Gasteiger partial charge >= 0.3 is 0 Å². The van der Waals surface area contributed by atoms with E-state index in [1.165, 1.54) is 6.42 Å². The number of anilines is 2. The van der Waals surface area contributed by atoms with E-state index in [0.717, 1.165) is 37.6 Å². The van der Waals surface area contributed by atoms with Gasteiger partial charge in [0.15, 0.2) is 0 Å². The zero-order valence-electron chi connectivity index (χ0n) is 11.3. The zero-order chi connectivity index (χ0) is 13.8. The first-order chi connectivity index (χ1) is 9.83. The largest absolute Gasteiger partial charge is 0.382 e. The Bertz CT molecular complexity index is 559. The zero-order valence-corrected chi connectivity index (χ0v) is 11.3. The predicted molar refractivity (Wildman–Crippen MR) is 77.1 cm³/mol. The molecule has 0 aromatic carbocycles. The van der Waals surface area contributed by atoms with Crippen molar-refractivity contribution in [1.82, 2.24) is 19.9 Å². The average Bonchev–Trinajstić information content (AvgIpc) is 2.51. The molecule has 0 spiro atoms. The smallest absolute Gasteiger partial charge is 0.225 e. The molecule has 2 aromatic rings. The van der Waals surface area contributed by atoms with Crippen molar-refractivity contribution in [3.05, 3.63) is 36.5 Å². The molecule has 2 aromatic heterocycles. The fraction of sp³-hybridized carbons (Fsp3) is 0.429. The topological polar surface area (TPSA) is 80.8 Å². The van der Waals surface area contributed by atoms with Crippen LogP contribution in [0.1, 0.15) is 18.5 Å². The van der Waals surface area contributed by atoms with Gasteiger partial charge in [0.25, 0.3) is 0 Å². The molecule has 0 aliphatic carbocycles. The van der Waals surface area contributed by atoms with Gasteiger partial charge < -0.3 is 10.6 Å². The summed E-state index contributed by atoms with van der Waals surface area (Å²) in [6, 6.07) is 1.84. The van der Waals surface area contributed by atoms with Crippen molar-refractivity contribution in [3.63, 3.8) is 0 Å². The van der Waals surface area contributed by atoms with Crippen LogP contribution in [0.15, 0.2) is 30.9 Å². The summed E-state index contributed by atoms with van der Waals surface area (Å²) in [7, 11) is 0. The van der Waals surface area contributed by atoms with Gasteiger partial charge in [-0.3, -0.25) is 4.98 Å². The third-order valence-corrected chi connectivity index (χ3v) is 3.64. The van der Waals surface area contributed by atoms with Gasteiger partial charge in [0.2, 0.25) is 5.95 Å². The molecule has 0 saturated carbocycles. The van der Waals surface area contributed by atoms with Crippen LogP contribution in [0, 0.1) is 5.92 Å². The summed E-state index contributed by atoms with van der Waals surface area (Å²) in [4.78, 5) is 19.3. The normalized spacial score (nSPS) is 19.0. The lowest BCUT2D eigenvalue weighted by Gasteiger charge is -2.32. The molecule has 1 aliphatic rings. The van der Waals surface area contributed by atoms with E-state index < -0.39 is 0 Å². The van der Waals surface area contributed by atoms with Crippen LogP contribution in [0.4, 0.5) is 11.8 Å². The third-order valence-electron chi connectivity index (χ3n) is 3.64. The number of piperidine rings is 1. The van der Waals surface area contributed by atoms with E-state index in [-0.39, 0.29) is 0 Å². The van der Waals surface area contributed by atoms with Crippen LogP contribution in [0.3, 0.4) is 0 Å². The quantitative estimate of drug-likeness (QED) is 0.905. The van der Waals surface area contributed by atoms with E-state index in [9.17, 15) is 0 Å². The maximum Gasteiger partial charge on any atom is 0.225 e. The van der Waals surface area contributed by atoms with Gasteiger partial charge in [-0.05, 0) is 31.2 Å². The van der Waals surface area contributed by atoms with Gasteiger partial charge in [0, 0.05) is 37.9 Å². The standard InChI is InChI=1S/C14H18N6/c15-13-12(16-6-7-17-13)9-11-3-1-8-20(10-11)14-18-4-2-5-19-14/h2,4-7,11H,1,3,8-10H2,(H2,15,17)/t11-/m1/s1. The van der Waals surface area contributed by atoms with E-state index in [4.69, 9.17) is 5.73 Å². The van der Waals surface area contributed by atoms with Crippen LogP contribution >= 0.6 is 0 Å².